The van der Waals surface area contributed by atoms with Gasteiger partial charge in [0.1, 0.15) is 0 Å². The highest BCUT2D eigenvalue weighted by atomic mass is 16.2. The first kappa shape index (κ1) is 14.1. The van der Waals surface area contributed by atoms with Crippen LogP contribution in [0.15, 0.2) is 30.3 Å². The average Bonchev–Trinajstić information content (AvgIpc) is 3.23. The number of benzene rings is 1. The quantitative estimate of drug-likeness (QED) is 0.929. The van der Waals surface area contributed by atoms with Crippen LogP contribution in [0.4, 0.5) is 5.69 Å². The molecule has 2 bridgehead atoms. The van der Waals surface area contributed by atoms with Gasteiger partial charge in [-0.25, -0.2) is 0 Å². The lowest BCUT2D eigenvalue weighted by Crippen LogP contribution is -2.44. The summed E-state index contributed by atoms with van der Waals surface area (Å²) in [4.78, 5) is 15.1. The van der Waals surface area contributed by atoms with E-state index in [-0.39, 0.29) is 5.92 Å². The molecule has 1 amide bonds. The molecule has 3 aliphatic rings. The molecule has 4 rings (SSSR count). The summed E-state index contributed by atoms with van der Waals surface area (Å²) in [5.41, 5.74) is 1.24. The summed E-state index contributed by atoms with van der Waals surface area (Å²) >= 11 is 0. The molecule has 0 spiro atoms. The van der Waals surface area contributed by atoms with Crippen molar-refractivity contribution in [2.45, 2.75) is 51.1 Å². The van der Waals surface area contributed by atoms with Crippen LogP contribution in [0, 0.1) is 17.8 Å². The summed E-state index contributed by atoms with van der Waals surface area (Å²) in [5.74, 6) is 2.08. The highest BCUT2D eigenvalue weighted by Gasteiger charge is 2.42. The van der Waals surface area contributed by atoms with Gasteiger partial charge >= 0.3 is 0 Å². The maximum atomic E-state index is 12.7. The molecule has 22 heavy (non-hydrogen) atoms. The molecule has 2 aliphatic carbocycles. The topological polar surface area (TPSA) is 32.3 Å². The Labute approximate surface area is 133 Å². The predicted molar refractivity (Wildman–Crippen MR) is 88.7 cm³/mol. The van der Waals surface area contributed by atoms with Gasteiger partial charge in [0.15, 0.2) is 0 Å². The zero-order valence-corrected chi connectivity index (χ0v) is 13.4. The largest absolute Gasteiger partial charge is 0.368 e. The summed E-state index contributed by atoms with van der Waals surface area (Å²) in [6.45, 7) is 3.19. The van der Waals surface area contributed by atoms with Crippen LogP contribution in [0.25, 0.3) is 0 Å². The highest BCUT2D eigenvalue weighted by molar-refractivity contribution is 5.81. The minimum Gasteiger partial charge on any atom is -0.368 e. The Morgan fingerprint density at radius 1 is 1.14 bits per heavy atom. The van der Waals surface area contributed by atoms with Crippen LogP contribution in [0.5, 0.6) is 0 Å². The molecule has 118 valence electrons. The standard InChI is InChI=1S/C19H26N2O/c1-13-17(9-10-21(13)16-5-3-2-4-6-16)19(22)20-18-12-14-7-8-15(18)11-14/h2-6,13-15,17-18H,7-12H2,1H3,(H,20,22)/t13?,14-,15+,17?,18-/m1/s1. The number of nitrogens with one attached hydrogen (secondary N) is 1. The summed E-state index contributed by atoms with van der Waals surface area (Å²) in [6, 6.07) is 11.2. The number of para-hydroxylation sites is 1. The lowest BCUT2D eigenvalue weighted by Gasteiger charge is -2.28. The molecular formula is C19H26N2O. The molecule has 2 unspecified atom stereocenters. The van der Waals surface area contributed by atoms with Crippen molar-refractivity contribution in [3.05, 3.63) is 30.3 Å². The summed E-state index contributed by atoms with van der Waals surface area (Å²) < 4.78 is 0. The molecule has 1 aromatic carbocycles. The van der Waals surface area contributed by atoms with Crippen LogP contribution in [-0.2, 0) is 4.79 Å². The SMILES string of the molecule is CC1C(C(=O)N[C@@H]2C[C@@H]3CC[C@H]2C3)CCN1c1ccccc1. The molecule has 1 N–H and O–H groups in total. The fourth-order valence-electron chi connectivity index (χ4n) is 4.99. The lowest BCUT2D eigenvalue weighted by atomic mass is 9.93. The zero-order valence-electron chi connectivity index (χ0n) is 13.4. The summed E-state index contributed by atoms with van der Waals surface area (Å²) in [5, 5.41) is 3.39. The van der Waals surface area contributed by atoms with E-state index in [0.29, 0.717) is 18.0 Å². The van der Waals surface area contributed by atoms with Crippen LogP contribution >= 0.6 is 0 Å². The molecule has 1 saturated heterocycles. The molecule has 3 fully saturated rings. The Kier molecular flexibility index (Phi) is 3.59. The first-order valence-electron chi connectivity index (χ1n) is 8.84. The second kappa shape index (κ2) is 5.60. The maximum absolute atomic E-state index is 12.7. The molecule has 5 atom stereocenters. The van der Waals surface area contributed by atoms with Gasteiger partial charge in [0.05, 0.1) is 5.92 Å². The van der Waals surface area contributed by atoms with Gasteiger partial charge in [-0.05, 0) is 56.6 Å². The summed E-state index contributed by atoms with van der Waals surface area (Å²) in [7, 11) is 0. The van der Waals surface area contributed by atoms with Crippen molar-refractivity contribution >= 4 is 11.6 Å². The van der Waals surface area contributed by atoms with Gasteiger partial charge in [-0.3, -0.25) is 4.79 Å². The van der Waals surface area contributed by atoms with Crippen LogP contribution in [-0.4, -0.2) is 24.5 Å². The van der Waals surface area contributed by atoms with E-state index in [2.05, 4.69) is 41.4 Å². The van der Waals surface area contributed by atoms with E-state index in [0.717, 1.165) is 24.8 Å². The lowest BCUT2D eigenvalue weighted by molar-refractivity contribution is -0.126. The number of hydrogen-bond acceptors (Lipinski definition) is 2. The first-order valence-corrected chi connectivity index (χ1v) is 8.84. The van der Waals surface area contributed by atoms with Crippen molar-refractivity contribution in [1.82, 2.24) is 5.32 Å². The Hall–Kier alpha value is -1.51. The van der Waals surface area contributed by atoms with Crippen LogP contribution in [0.2, 0.25) is 0 Å². The van der Waals surface area contributed by atoms with Gasteiger partial charge in [-0.1, -0.05) is 24.6 Å². The number of amides is 1. The van der Waals surface area contributed by atoms with Crippen molar-refractivity contribution in [2.24, 2.45) is 17.8 Å². The fraction of sp³-hybridized carbons (Fsp3) is 0.632. The molecule has 1 aliphatic heterocycles. The van der Waals surface area contributed by atoms with Gasteiger partial charge < -0.3 is 10.2 Å². The van der Waals surface area contributed by atoms with E-state index in [4.69, 9.17) is 0 Å². The molecule has 2 saturated carbocycles. The molecular weight excluding hydrogens is 272 g/mol. The van der Waals surface area contributed by atoms with Crippen molar-refractivity contribution < 1.29 is 4.79 Å². The average molecular weight is 298 g/mol. The Bertz CT molecular complexity index is 544. The van der Waals surface area contributed by atoms with E-state index >= 15 is 0 Å². The van der Waals surface area contributed by atoms with Gasteiger partial charge in [0, 0.05) is 24.3 Å². The first-order chi connectivity index (χ1) is 10.7. The third kappa shape index (κ3) is 2.41. The number of fused-ring (bicyclic) bond motifs is 2. The molecule has 3 nitrogen and oxygen atoms in total. The number of carbonyl (C=O) groups excluding carboxylic acids is 1. The monoisotopic (exact) mass is 298 g/mol. The van der Waals surface area contributed by atoms with Crippen molar-refractivity contribution in [1.29, 1.82) is 0 Å². The van der Waals surface area contributed by atoms with Crippen molar-refractivity contribution in [2.75, 3.05) is 11.4 Å². The van der Waals surface area contributed by atoms with E-state index in [9.17, 15) is 4.79 Å². The fourth-order valence-corrected chi connectivity index (χ4v) is 4.99. The second-order valence-electron chi connectivity index (χ2n) is 7.45. The van der Waals surface area contributed by atoms with Crippen LogP contribution in [0.3, 0.4) is 0 Å². The maximum Gasteiger partial charge on any atom is 0.225 e. The Morgan fingerprint density at radius 2 is 1.95 bits per heavy atom. The number of anilines is 1. The predicted octanol–water partition coefficient (Wildman–Crippen LogP) is 3.21. The third-order valence-electron chi connectivity index (χ3n) is 6.25. The van der Waals surface area contributed by atoms with E-state index < -0.39 is 0 Å². The number of nitrogens with zero attached hydrogens (tertiary/aromatic N) is 1. The van der Waals surface area contributed by atoms with Gasteiger partial charge in [0.2, 0.25) is 5.91 Å². The number of hydrogen-bond donors (Lipinski definition) is 1. The molecule has 0 aromatic heterocycles. The van der Waals surface area contributed by atoms with Gasteiger partial charge in [-0.2, -0.15) is 0 Å². The molecule has 1 aromatic rings. The van der Waals surface area contributed by atoms with Crippen molar-refractivity contribution in [3.63, 3.8) is 0 Å². The van der Waals surface area contributed by atoms with Crippen molar-refractivity contribution in [3.8, 4) is 0 Å². The Morgan fingerprint density at radius 3 is 2.64 bits per heavy atom. The Balaban J connectivity index is 1.40. The smallest absolute Gasteiger partial charge is 0.225 e. The van der Waals surface area contributed by atoms with Crippen LogP contribution in [0.1, 0.15) is 39.0 Å². The van der Waals surface area contributed by atoms with Gasteiger partial charge in [0.25, 0.3) is 0 Å². The molecule has 0 radical (unpaired) electrons. The molecule has 3 heteroatoms. The van der Waals surface area contributed by atoms with E-state index in [1.165, 1.54) is 31.4 Å². The molecule has 1 heterocycles. The summed E-state index contributed by atoms with van der Waals surface area (Å²) in [6.07, 6.45) is 6.26. The second-order valence-corrected chi connectivity index (χ2v) is 7.45. The minimum absolute atomic E-state index is 0.138. The minimum atomic E-state index is 0.138. The third-order valence-corrected chi connectivity index (χ3v) is 6.25. The normalized spacial score (nSPS) is 36.8. The van der Waals surface area contributed by atoms with E-state index in [1.54, 1.807) is 0 Å². The number of rotatable bonds is 3. The van der Waals surface area contributed by atoms with E-state index in [1.807, 2.05) is 6.07 Å². The zero-order chi connectivity index (χ0) is 15.1. The van der Waals surface area contributed by atoms with Gasteiger partial charge in [-0.15, -0.1) is 0 Å². The highest BCUT2D eigenvalue weighted by Crippen LogP contribution is 2.44. The number of carbonyl (C=O) groups is 1. The van der Waals surface area contributed by atoms with Crippen LogP contribution < -0.4 is 10.2 Å².